The first-order valence-electron chi connectivity index (χ1n) is 11.5. The van der Waals surface area contributed by atoms with Crippen LogP contribution in [-0.4, -0.2) is 27.2 Å². The number of thiophene rings is 1. The van der Waals surface area contributed by atoms with Crippen molar-refractivity contribution in [2.75, 3.05) is 12.9 Å². The lowest BCUT2D eigenvalue weighted by Gasteiger charge is -2.13. The zero-order valence-corrected chi connectivity index (χ0v) is 21.1. The lowest BCUT2D eigenvalue weighted by atomic mass is 9.99. The molecule has 4 rings (SSSR count). The van der Waals surface area contributed by atoms with E-state index in [1.165, 1.54) is 22.3 Å². The summed E-state index contributed by atoms with van der Waals surface area (Å²) >= 11 is 1.32. The van der Waals surface area contributed by atoms with Crippen LogP contribution < -0.4 is 9.46 Å². The molecule has 0 saturated heterocycles. The quantitative estimate of drug-likeness (QED) is 0.270. The summed E-state index contributed by atoms with van der Waals surface area (Å²) in [5.74, 6) is 0.286. The van der Waals surface area contributed by atoms with Gasteiger partial charge in [-0.2, -0.15) is 0 Å². The van der Waals surface area contributed by atoms with Gasteiger partial charge in [-0.3, -0.25) is 4.79 Å². The van der Waals surface area contributed by atoms with Crippen LogP contribution in [0.1, 0.15) is 47.0 Å². The average Bonchev–Trinajstić information content (AvgIpc) is 3.19. The Labute approximate surface area is 204 Å². The van der Waals surface area contributed by atoms with Crippen molar-refractivity contribution in [2.45, 2.75) is 39.0 Å². The van der Waals surface area contributed by atoms with E-state index in [0.717, 1.165) is 52.3 Å². The van der Waals surface area contributed by atoms with Crippen molar-refractivity contribution >= 4 is 48.1 Å². The van der Waals surface area contributed by atoms with Gasteiger partial charge in [0.05, 0.1) is 17.7 Å². The molecule has 34 heavy (non-hydrogen) atoms. The van der Waals surface area contributed by atoms with Crippen molar-refractivity contribution in [2.24, 2.45) is 0 Å². The number of aryl methyl sites for hydroxylation is 2. The zero-order valence-electron chi connectivity index (χ0n) is 19.5. The Morgan fingerprint density at radius 3 is 2.35 bits per heavy atom. The normalized spacial score (nSPS) is 11.7. The molecule has 0 radical (unpaired) electrons. The van der Waals surface area contributed by atoms with E-state index in [1.807, 2.05) is 30.3 Å². The number of hydrogen-bond acceptors (Lipinski definition) is 5. The number of sulfonamides is 1. The smallest absolute Gasteiger partial charge is 0.275 e. The Kier molecular flexibility index (Phi) is 7.54. The van der Waals surface area contributed by atoms with Gasteiger partial charge in [0.1, 0.15) is 5.75 Å². The van der Waals surface area contributed by atoms with Crippen molar-refractivity contribution in [1.82, 2.24) is 4.72 Å². The minimum absolute atomic E-state index is 0.442. The number of nitrogens with one attached hydrogen (secondary N) is 1. The molecule has 0 aliphatic rings. The Morgan fingerprint density at radius 2 is 1.62 bits per heavy atom. The predicted octanol–water partition coefficient (Wildman–Crippen LogP) is 6.10. The molecule has 3 aromatic carbocycles. The molecule has 1 amide bonds. The number of amides is 1. The van der Waals surface area contributed by atoms with Gasteiger partial charge in [-0.05, 0) is 59.7 Å². The van der Waals surface area contributed by atoms with Gasteiger partial charge in [-0.1, -0.05) is 61.9 Å². The number of ether oxygens (including phenoxy) is 1. The van der Waals surface area contributed by atoms with E-state index in [9.17, 15) is 13.2 Å². The van der Waals surface area contributed by atoms with E-state index in [2.05, 4.69) is 42.0 Å². The zero-order chi connectivity index (χ0) is 24.1. The van der Waals surface area contributed by atoms with Gasteiger partial charge in [0.2, 0.25) is 10.0 Å². The number of fused-ring (bicyclic) bond motifs is 2. The Bertz CT molecular complexity index is 1420. The molecule has 0 aliphatic carbocycles. The van der Waals surface area contributed by atoms with Crippen LogP contribution in [0.4, 0.5) is 0 Å². The average molecular weight is 496 g/mol. The molecule has 4 aromatic rings. The first kappa shape index (κ1) is 24.2. The molecule has 1 aromatic heterocycles. The summed E-state index contributed by atoms with van der Waals surface area (Å²) in [5, 5.41) is 3.33. The molecule has 0 spiro atoms. The van der Waals surface area contributed by atoms with Crippen molar-refractivity contribution in [3.05, 3.63) is 76.7 Å². The molecular formula is C27H29NO4S2. The maximum Gasteiger partial charge on any atom is 0.275 e. The molecule has 0 bridgehead atoms. The van der Waals surface area contributed by atoms with Crippen molar-refractivity contribution in [3.63, 3.8) is 0 Å². The summed E-state index contributed by atoms with van der Waals surface area (Å²) in [6.45, 7) is 2.70. The van der Waals surface area contributed by atoms with Gasteiger partial charge in [0, 0.05) is 10.1 Å². The number of carbonyl (C=O) groups is 1. The minimum Gasteiger partial charge on any atom is -0.493 e. The van der Waals surface area contributed by atoms with Crippen LogP contribution in [0.3, 0.4) is 0 Å². The van der Waals surface area contributed by atoms with Gasteiger partial charge in [-0.25, -0.2) is 13.1 Å². The Hall–Kier alpha value is -2.90. The van der Waals surface area contributed by atoms with Crippen molar-refractivity contribution in [3.8, 4) is 5.75 Å². The van der Waals surface area contributed by atoms with Crippen molar-refractivity contribution in [1.29, 1.82) is 0 Å². The lowest BCUT2D eigenvalue weighted by Crippen LogP contribution is -2.29. The summed E-state index contributed by atoms with van der Waals surface area (Å²) in [5.41, 5.74) is 2.21. The molecule has 0 fully saturated rings. The number of unbranched alkanes of at least 4 members (excludes halogenated alkanes) is 1. The predicted molar refractivity (Wildman–Crippen MR) is 141 cm³/mol. The van der Waals surface area contributed by atoms with E-state index >= 15 is 0 Å². The summed E-state index contributed by atoms with van der Waals surface area (Å²) in [7, 11) is -3.63. The molecule has 1 N–H and O–H groups in total. The molecule has 0 unspecified atom stereocenters. The first-order chi connectivity index (χ1) is 16.4. The highest BCUT2D eigenvalue weighted by molar-refractivity contribution is 7.89. The Morgan fingerprint density at radius 1 is 0.912 bits per heavy atom. The van der Waals surface area contributed by atoms with E-state index in [4.69, 9.17) is 4.74 Å². The largest absolute Gasteiger partial charge is 0.493 e. The third-order valence-electron chi connectivity index (χ3n) is 5.79. The van der Waals surface area contributed by atoms with Gasteiger partial charge in [0.15, 0.2) is 0 Å². The fourth-order valence-electron chi connectivity index (χ4n) is 4.22. The molecule has 1 heterocycles. The van der Waals surface area contributed by atoms with E-state index in [1.54, 1.807) is 0 Å². The number of carbonyl (C=O) groups excluding carboxylic acids is 1. The molecule has 0 atom stereocenters. The van der Waals surface area contributed by atoms with E-state index in [-0.39, 0.29) is 0 Å². The third-order valence-corrected chi connectivity index (χ3v) is 7.55. The summed E-state index contributed by atoms with van der Waals surface area (Å²) in [4.78, 5) is 13.1. The van der Waals surface area contributed by atoms with E-state index in [0.29, 0.717) is 24.3 Å². The maximum atomic E-state index is 12.6. The first-order valence-corrected chi connectivity index (χ1v) is 14.2. The topological polar surface area (TPSA) is 72.5 Å². The highest BCUT2D eigenvalue weighted by Gasteiger charge is 2.20. The standard InChI is InChI=1S/C27H29NO4S2/c1-3-4-10-19-16-17-24(21-12-6-5-11-20(19)21)32-18-9-14-23-22-13-7-8-15-25(22)33-26(23)27(29)28-34(2,30)31/h5-8,11-13,15-17H,3-4,9-10,14,18H2,1-2H3,(H,28,29). The molecule has 0 aliphatic heterocycles. The minimum atomic E-state index is -3.63. The summed E-state index contributed by atoms with van der Waals surface area (Å²) < 4.78 is 32.4. The maximum absolute atomic E-state index is 12.6. The van der Waals surface area contributed by atoms with Gasteiger partial charge in [0.25, 0.3) is 5.91 Å². The number of rotatable bonds is 10. The fraction of sp³-hybridized carbons (Fsp3) is 0.296. The van der Waals surface area contributed by atoms with Crippen molar-refractivity contribution < 1.29 is 17.9 Å². The summed E-state index contributed by atoms with van der Waals surface area (Å²) in [6.07, 6.45) is 5.68. The lowest BCUT2D eigenvalue weighted by molar-refractivity contribution is 0.0984. The van der Waals surface area contributed by atoms with Crippen LogP contribution in [0.5, 0.6) is 5.75 Å². The second-order valence-corrected chi connectivity index (χ2v) is 11.2. The summed E-state index contributed by atoms with van der Waals surface area (Å²) in [6, 6.07) is 20.3. The van der Waals surface area contributed by atoms with Gasteiger partial charge >= 0.3 is 0 Å². The van der Waals surface area contributed by atoms with Crippen LogP contribution in [0, 0.1) is 0 Å². The van der Waals surface area contributed by atoms with Crippen LogP contribution in [-0.2, 0) is 22.9 Å². The Balaban J connectivity index is 1.50. The number of benzene rings is 3. The highest BCUT2D eigenvalue weighted by atomic mass is 32.2. The molecule has 178 valence electrons. The fourth-order valence-corrected chi connectivity index (χ4v) is 5.87. The molecular weight excluding hydrogens is 466 g/mol. The molecule has 7 heteroatoms. The second-order valence-electron chi connectivity index (χ2n) is 8.43. The second kappa shape index (κ2) is 10.6. The number of hydrogen-bond donors (Lipinski definition) is 1. The van der Waals surface area contributed by atoms with Crippen LogP contribution in [0.25, 0.3) is 20.9 Å². The monoisotopic (exact) mass is 495 g/mol. The third kappa shape index (κ3) is 5.59. The van der Waals surface area contributed by atoms with Gasteiger partial charge in [-0.15, -0.1) is 11.3 Å². The highest BCUT2D eigenvalue weighted by Crippen LogP contribution is 2.33. The SMILES string of the molecule is CCCCc1ccc(OCCCc2c(C(=O)NS(C)(=O)=O)sc3ccccc23)c2ccccc12. The van der Waals surface area contributed by atoms with Crippen LogP contribution in [0.2, 0.25) is 0 Å². The van der Waals surface area contributed by atoms with Crippen LogP contribution >= 0.6 is 11.3 Å². The van der Waals surface area contributed by atoms with E-state index < -0.39 is 15.9 Å². The van der Waals surface area contributed by atoms with Crippen LogP contribution in [0.15, 0.2) is 60.7 Å². The van der Waals surface area contributed by atoms with Gasteiger partial charge < -0.3 is 4.74 Å². The molecule has 0 saturated carbocycles. The molecule has 5 nitrogen and oxygen atoms in total.